The quantitative estimate of drug-likeness (QED) is 0.282. The number of nitrogens with two attached hydrogens (primary N) is 1. The van der Waals surface area contributed by atoms with E-state index in [1.165, 1.54) is 6.07 Å². The van der Waals surface area contributed by atoms with Crippen LogP contribution < -0.4 is 31.0 Å². The van der Waals surface area contributed by atoms with Gasteiger partial charge in [0.25, 0.3) is 15.6 Å². The van der Waals surface area contributed by atoms with Gasteiger partial charge in [-0.2, -0.15) is 4.98 Å². The molecule has 0 spiro atoms. The molecule has 0 amide bonds. The molecule has 2 rings (SSSR count). The van der Waals surface area contributed by atoms with Gasteiger partial charge >= 0.3 is 15.6 Å². The fourth-order valence-corrected chi connectivity index (χ4v) is 5.03. The van der Waals surface area contributed by atoms with Crippen molar-refractivity contribution in [3.63, 3.8) is 0 Å². The van der Waals surface area contributed by atoms with Crippen LogP contribution in [0.5, 0.6) is 0 Å². The van der Waals surface area contributed by atoms with Gasteiger partial charge in [0.15, 0.2) is 6.23 Å². The first kappa shape index (κ1) is 27.4. The molecule has 1 radical (unpaired) electrons. The molecular formula is C9H12N3O14P4. The number of rotatable bonds is 8. The van der Waals surface area contributed by atoms with E-state index < -0.39 is 60.3 Å². The summed E-state index contributed by atoms with van der Waals surface area (Å²) in [5.74, 6) is -0.145. The summed E-state index contributed by atoms with van der Waals surface area (Å²) in [6.45, 7) is -1.14. The zero-order chi connectivity index (χ0) is 22.2. The molecule has 0 bridgehead atoms. The van der Waals surface area contributed by atoms with Gasteiger partial charge in [0.2, 0.25) is 0 Å². The number of nitrogens with zero attached hydrogens (tertiary/aromatic N) is 2. The molecule has 167 valence electrons. The molecule has 2 unspecified atom stereocenters. The molecule has 6 atom stereocenters. The minimum atomic E-state index is -6.15. The van der Waals surface area contributed by atoms with Crippen LogP contribution in [-0.4, -0.2) is 44.7 Å². The minimum Gasteiger partial charge on any atom is -0.790 e. The summed E-state index contributed by atoms with van der Waals surface area (Å²) in [5, 5.41) is 19.9. The van der Waals surface area contributed by atoms with Crippen molar-refractivity contribution in [1.29, 1.82) is 0 Å². The zero-order valence-electron chi connectivity index (χ0n) is 14.2. The SMILES string of the molecule is Nc1ccn([C@@H]2O[C@H](COP(=O)([O-])OP(=O)([O-])OP(=O)([O-])[O-])[C@@H](O)[C@H]2O)c(=O)n1.[P+4]. The Bertz CT molecular complexity index is 949. The number of hydrogen-bond donors (Lipinski definition) is 3. The smallest absolute Gasteiger partial charge is 0.790 e. The van der Waals surface area contributed by atoms with Gasteiger partial charge in [-0.15, -0.1) is 0 Å². The predicted molar refractivity (Wildman–Crippen MR) is 86.7 cm³/mol. The molecule has 21 heteroatoms. The van der Waals surface area contributed by atoms with E-state index in [4.69, 9.17) is 10.5 Å². The first-order valence-electron chi connectivity index (χ1n) is 7.18. The number of anilines is 1. The fourth-order valence-electron chi connectivity index (χ4n) is 2.16. The van der Waals surface area contributed by atoms with E-state index in [0.29, 0.717) is 0 Å². The maximum atomic E-state index is 11.8. The topological polar surface area (TPSA) is 282 Å². The Morgan fingerprint density at radius 2 is 1.73 bits per heavy atom. The van der Waals surface area contributed by atoms with Gasteiger partial charge in [0, 0.05) is 6.20 Å². The van der Waals surface area contributed by atoms with Gasteiger partial charge in [0.1, 0.15) is 24.1 Å². The second-order valence-corrected chi connectivity index (χ2v) is 9.64. The third kappa shape index (κ3) is 7.52. The van der Waals surface area contributed by atoms with Crippen LogP contribution in [0.1, 0.15) is 6.23 Å². The number of nitrogen functional groups attached to an aromatic ring is 1. The number of aromatic nitrogens is 2. The molecule has 0 aliphatic carbocycles. The molecule has 2 heterocycles. The average molecular weight is 510 g/mol. The minimum absolute atomic E-state index is 0. The van der Waals surface area contributed by atoms with Crippen molar-refractivity contribution in [3.05, 3.63) is 22.7 Å². The first-order valence-corrected chi connectivity index (χ1v) is 11.6. The number of hydrogen-bond acceptors (Lipinski definition) is 16. The summed E-state index contributed by atoms with van der Waals surface area (Å²) in [4.78, 5) is 58.2. The number of aliphatic hydroxyl groups is 2. The van der Waals surface area contributed by atoms with Crippen molar-refractivity contribution in [2.24, 2.45) is 0 Å². The Balaban J connectivity index is 0.00000450. The molecule has 17 nitrogen and oxygen atoms in total. The molecular weight excluding hydrogens is 498 g/mol. The summed E-state index contributed by atoms with van der Waals surface area (Å²) >= 11 is 0. The van der Waals surface area contributed by atoms with Crippen LogP contribution in [0, 0.1) is 0 Å². The van der Waals surface area contributed by atoms with E-state index in [9.17, 15) is 48.3 Å². The summed E-state index contributed by atoms with van der Waals surface area (Å²) in [6.07, 6.45) is -5.66. The van der Waals surface area contributed by atoms with Crippen LogP contribution in [0.2, 0.25) is 0 Å². The van der Waals surface area contributed by atoms with Crippen LogP contribution in [0.25, 0.3) is 0 Å². The molecule has 1 fully saturated rings. The van der Waals surface area contributed by atoms with Crippen molar-refractivity contribution in [1.82, 2.24) is 9.55 Å². The predicted octanol–water partition coefficient (Wildman–Crippen LogP) is -3.88. The van der Waals surface area contributed by atoms with Crippen LogP contribution in [0.3, 0.4) is 0 Å². The molecule has 1 aromatic rings. The van der Waals surface area contributed by atoms with E-state index in [0.717, 1.165) is 10.8 Å². The Morgan fingerprint density at radius 1 is 1.13 bits per heavy atom. The van der Waals surface area contributed by atoms with Gasteiger partial charge in [-0.3, -0.25) is 18.0 Å². The van der Waals surface area contributed by atoms with Gasteiger partial charge in [-0.25, -0.2) is 9.11 Å². The molecule has 0 aromatic carbocycles. The first-order chi connectivity index (χ1) is 13.1. The Labute approximate surface area is 170 Å². The van der Waals surface area contributed by atoms with Gasteiger partial charge in [-0.05, 0) is 6.07 Å². The van der Waals surface area contributed by atoms with E-state index in [1.54, 1.807) is 0 Å². The summed E-state index contributed by atoms with van der Waals surface area (Å²) in [5.41, 5.74) is 4.34. The van der Waals surface area contributed by atoms with Crippen LogP contribution in [-0.2, 0) is 31.6 Å². The number of phosphoric ester groups is 1. The van der Waals surface area contributed by atoms with Crippen molar-refractivity contribution < 1.29 is 61.4 Å². The standard InChI is InChI=1S/C9H16N3O14P3.P/c10-5-1-2-12(9(15)11-5)8-7(14)6(13)4(24-8)3-23-28(19,20)26-29(21,22)25-27(16,17)18;/h1-2,4,6-8,13-14H,3H2,(H,19,20)(H,21,22)(H2,10,11,15)(H2,16,17,18);/q;+4/p-4/t4-,6-,7-,8-;/m1./s1. The molecule has 1 aliphatic rings. The average Bonchev–Trinajstić information content (AvgIpc) is 2.78. The van der Waals surface area contributed by atoms with Crippen molar-refractivity contribution >= 4 is 39.2 Å². The largest absolute Gasteiger partial charge is 4.00 e. The van der Waals surface area contributed by atoms with Crippen molar-refractivity contribution in [3.8, 4) is 0 Å². The summed E-state index contributed by atoms with van der Waals surface area (Å²) in [6, 6.07) is 1.17. The maximum absolute atomic E-state index is 11.8. The summed E-state index contributed by atoms with van der Waals surface area (Å²) < 4.78 is 49.1. The van der Waals surface area contributed by atoms with E-state index in [-0.39, 0.29) is 15.7 Å². The molecule has 1 saturated heterocycles. The second kappa shape index (κ2) is 9.90. The normalized spacial score (nSPS) is 28.3. The van der Waals surface area contributed by atoms with E-state index in [1.807, 2.05) is 0 Å². The molecule has 30 heavy (non-hydrogen) atoms. The van der Waals surface area contributed by atoms with Gasteiger partial charge in [0.05, 0.1) is 14.4 Å². The van der Waals surface area contributed by atoms with Crippen molar-refractivity contribution in [2.75, 3.05) is 12.3 Å². The monoisotopic (exact) mass is 510 g/mol. The van der Waals surface area contributed by atoms with Crippen LogP contribution >= 0.6 is 33.4 Å². The third-order valence-electron chi connectivity index (χ3n) is 3.26. The third-order valence-corrected chi connectivity index (χ3v) is 6.93. The van der Waals surface area contributed by atoms with Crippen LogP contribution in [0.4, 0.5) is 5.82 Å². The van der Waals surface area contributed by atoms with Gasteiger partial charge in [-0.1, -0.05) is 0 Å². The van der Waals surface area contributed by atoms with E-state index in [2.05, 4.69) is 18.1 Å². The molecule has 1 aromatic heterocycles. The summed E-state index contributed by atoms with van der Waals surface area (Å²) in [7, 11) is -18.1. The Kier molecular flexibility index (Phi) is 9.06. The van der Waals surface area contributed by atoms with Crippen molar-refractivity contribution in [2.45, 2.75) is 24.5 Å². The fraction of sp³-hybridized carbons (Fsp3) is 0.556. The van der Waals surface area contributed by atoms with E-state index >= 15 is 0 Å². The Morgan fingerprint density at radius 3 is 2.27 bits per heavy atom. The number of aliphatic hydroxyl groups excluding tert-OH is 2. The maximum Gasteiger partial charge on any atom is 4.00 e. The molecule has 1 aliphatic heterocycles. The van der Waals surface area contributed by atoms with Gasteiger partial charge < -0.3 is 49.3 Å². The number of phosphoric acid groups is 3. The van der Waals surface area contributed by atoms with Crippen LogP contribution in [0.15, 0.2) is 17.1 Å². The second-order valence-electron chi connectivity index (χ2n) is 5.39. The zero-order valence-corrected chi connectivity index (χ0v) is 17.8. The molecule has 4 N–H and O–H groups in total. The Hall–Kier alpha value is -0.600. The molecule has 0 saturated carbocycles. The number of ether oxygens (including phenoxy) is 1.